The molecule has 32 heteroatoms. The number of hydrogen-bond donors (Lipinski definition) is 12. The number of nitrogens with two attached hydrogens (primary N) is 1. The predicted molar refractivity (Wildman–Crippen MR) is 260 cm³/mol. The first-order valence-electron chi connectivity index (χ1n) is 22.5. The smallest absolute Gasteiger partial charge is 0.481 e. The largest absolute Gasteiger partial charge is 0.481 e. The summed E-state index contributed by atoms with van der Waals surface area (Å²) >= 11 is 1.06. The first-order valence-corrected chi connectivity index (χ1v) is 28.0. The number of allylic oxidation sites excluding steroid dienone is 5. The topological polar surface area (TPSA) is 441 Å². The third kappa shape index (κ3) is 24.0. The number of unbranched alkanes of at least 4 members (excludes halogenated alkanes) is 2. The molecule has 13 N–H and O–H groups in total. The van der Waals surface area contributed by atoms with Crippen molar-refractivity contribution in [3.63, 3.8) is 0 Å². The van der Waals surface area contributed by atoms with Crippen molar-refractivity contribution in [2.24, 2.45) is 5.41 Å². The standard InChI is InChI=1S/C41H64N7O21P3S/c1-41(2,24-66-72(63,64)69-71(61,62)65-23-29-35(68-70(58,59)60)34(55)40(67-29)48-26-47-33-37(42)45-25-46-38(33)48)36(56)39(57)44-20-19-30(51)43-21-22-73-32(54)18-11-5-3-4-8-13-27(49)14-9-6-7-10-15-28(50)16-12-17-31(52)53/h4,6-10,14-15,25-29,34-36,40,49-50,55-56H,3,5,11-13,16-24H2,1-2H3,(H,43,51)(H,44,57)(H,52,53)(H,61,62)(H,63,64)(H2,42,45,46)(H2,58,59,60). The van der Waals surface area contributed by atoms with Gasteiger partial charge in [0.25, 0.3) is 0 Å². The van der Waals surface area contributed by atoms with Crippen molar-refractivity contribution in [1.82, 2.24) is 30.2 Å². The lowest BCUT2D eigenvalue weighted by atomic mass is 9.87. The van der Waals surface area contributed by atoms with Gasteiger partial charge in [-0.2, -0.15) is 4.31 Å². The van der Waals surface area contributed by atoms with Gasteiger partial charge in [0.15, 0.2) is 22.8 Å². The van der Waals surface area contributed by atoms with E-state index in [2.05, 4.69) is 34.4 Å². The number of aliphatic hydroxyl groups is 4. The third-order valence-corrected chi connectivity index (χ3v) is 14.2. The Morgan fingerprint density at radius 3 is 2.26 bits per heavy atom. The average molecular weight is 1120 g/mol. The molecule has 3 heterocycles. The van der Waals surface area contributed by atoms with Gasteiger partial charge in [0.2, 0.25) is 11.8 Å². The van der Waals surface area contributed by atoms with E-state index in [1.54, 1.807) is 36.5 Å². The van der Waals surface area contributed by atoms with Gasteiger partial charge in [-0.3, -0.25) is 37.3 Å². The summed E-state index contributed by atoms with van der Waals surface area (Å²) in [6.07, 6.45) is 8.75. The maximum absolute atomic E-state index is 12.7. The molecule has 3 rings (SSSR count). The van der Waals surface area contributed by atoms with Crippen LogP contribution in [0.25, 0.3) is 11.2 Å². The number of phosphoric acid groups is 3. The second-order valence-corrected chi connectivity index (χ2v) is 22.2. The van der Waals surface area contributed by atoms with E-state index < -0.39 is 103 Å². The van der Waals surface area contributed by atoms with Crippen molar-refractivity contribution in [3.8, 4) is 0 Å². The predicted octanol–water partition coefficient (Wildman–Crippen LogP) is 1.82. The van der Waals surface area contributed by atoms with Crippen LogP contribution in [0.1, 0.15) is 77.9 Å². The third-order valence-electron chi connectivity index (χ3n) is 10.2. The van der Waals surface area contributed by atoms with E-state index in [-0.39, 0.29) is 48.0 Å². The van der Waals surface area contributed by atoms with Gasteiger partial charge in [-0.05, 0) is 38.5 Å². The van der Waals surface area contributed by atoms with Gasteiger partial charge in [-0.15, -0.1) is 0 Å². The van der Waals surface area contributed by atoms with Crippen LogP contribution < -0.4 is 16.4 Å². The highest BCUT2D eigenvalue weighted by molar-refractivity contribution is 8.13. The van der Waals surface area contributed by atoms with Crippen molar-refractivity contribution in [2.45, 2.75) is 114 Å². The minimum absolute atomic E-state index is 0.00175. The molecule has 73 heavy (non-hydrogen) atoms. The molecule has 1 aliphatic heterocycles. The molecular formula is C41H64N7O21P3S. The van der Waals surface area contributed by atoms with Gasteiger partial charge in [0.05, 0.1) is 31.7 Å². The Bertz CT molecular complexity index is 2400. The van der Waals surface area contributed by atoms with Crippen LogP contribution in [0.2, 0.25) is 0 Å². The van der Waals surface area contributed by atoms with Crippen LogP contribution in [-0.4, -0.2) is 156 Å². The van der Waals surface area contributed by atoms with Gasteiger partial charge >= 0.3 is 29.4 Å². The summed E-state index contributed by atoms with van der Waals surface area (Å²) in [6.45, 7) is 0.354. The van der Waals surface area contributed by atoms with E-state index in [9.17, 15) is 72.9 Å². The van der Waals surface area contributed by atoms with Crippen molar-refractivity contribution in [3.05, 3.63) is 61.3 Å². The number of nitrogen functional groups attached to an aromatic ring is 1. The highest BCUT2D eigenvalue weighted by Gasteiger charge is 2.50. The molecule has 2 aromatic heterocycles. The molecule has 410 valence electrons. The Morgan fingerprint density at radius 1 is 0.890 bits per heavy atom. The van der Waals surface area contributed by atoms with E-state index in [0.717, 1.165) is 41.8 Å². The fourth-order valence-electron chi connectivity index (χ4n) is 6.40. The minimum atomic E-state index is -5.60. The number of hydrogen-bond acceptors (Lipinski definition) is 21. The SMILES string of the molecule is CC(C)(COP(=O)(O)OP(=O)(O)OCC1OC(n2cnc3c(N)ncnc32)C(O)C1OP(=O)(O)O)C(O)C(=O)NCCC(=O)NCCSC(=O)CCCCC=CCC(O)C=CC=CC=CC(O)CCCC(=O)O. The van der Waals surface area contributed by atoms with Gasteiger partial charge in [0.1, 0.15) is 36.3 Å². The van der Waals surface area contributed by atoms with E-state index in [1.165, 1.54) is 13.8 Å². The van der Waals surface area contributed by atoms with Crippen molar-refractivity contribution < 1.29 is 101 Å². The van der Waals surface area contributed by atoms with Gasteiger partial charge < -0.3 is 66.2 Å². The highest BCUT2D eigenvalue weighted by atomic mass is 32.2. The molecule has 0 radical (unpaired) electrons. The number of aliphatic hydroxyl groups excluding tert-OH is 4. The number of anilines is 1. The first-order chi connectivity index (χ1) is 34.2. The number of carbonyl (C=O) groups excluding carboxylic acids is 3. The van der Waals surface area contributed by atoms with Crippen LogP contribution in [0.5, 0.6) is 0 Å². The molecule has 1 fully saturated rings. The summed E-state index contributed by atoms with van der Waals surface area (Å²) in [5.41, 5.74) is 4.22. The molecule has 0 aromatic carbocycles. The Hall–Kier alpha value is -4.09. The molecule has 28 nitrogen and oxygen atoms in total. The number of rotatable bonds is 34. The number of thioether (sulfide) groups is 1. The molecule has 9 unspecified atom stereocenters. The maximum Gasteiger partial charge on any atom is 0.481 e. The number of aliphatic carboxylic acids is 1. The molecule has 9 atom stereocenters. The maximum atomic E-state index is 12.7. The molecule has 2 aromatic rings. The Morgan fingerprint density at radius 2 is 1.58 bits per heavy atom. The summed E-state index contributed by atoms with van der Waals surface area (Å²) in [7, 11) is -16.5. The lowest BCUT2D eigenvalue weighted by molar-refractivity contribution is -0.138. The number of ether oxygens (including phenoxy) is 1. The number of aromatic nitrogens is 4. The summed E-state index contributed by atoms with van der Waals surface area (Å²) in [5.74, 6) is -2.12. The Balaban J connectivity index is 1.29. The van der Waals surface area contributed by atoms with Crippen LogP contribution in [0.4, 0.5) is 5.82 Å². The second-order valence-electron chi connectivity index (χ2n) is 16.8. The molecule has 1 aliphatic rings. The number of nitrogens with one attached hydrogen (secondary N) is 2. The fourth-order valence-corrected chi connectivity index (χ4v) is 9.95. The number of phosphoric ester groups is 3. The Labute approximate surface area is 423 Å². The van der Waals surface area contributed by atoms with E-state index in [1.807, 2.05) is 12.2 Å². The van der Waals surface area contributed by atoms with Crippen LogP contribution in [0, 0.1) is 5.41 Å². The number of carbonyl (C=O) groups is 4. The normalized spacial score (nSPS) is 20.7. The highest BCUT2D eigenvalue weighted by Crippen LogP contribution is 2.61. The zero-order chi connectivity index (χ0) is 54.4. The minimum Gasteiger partial charge on any atom is -0.481 e. The number of carboxylic acids is 1. The molecule has 2 amide bonds. The van der Waals surface area contributed by atoms with Crippen molar-refractivity contribution in [1.29, 1.82) is 0 Å². The number of nitrogens with zero attached hydrogens (tertiary/aromatic N) is 4. The van der Waals surface area contributed by atoms with Gasteiger partial charge in [-0.25, -0.2) is 28.6 Å². The van der Waals surface area contributed by atoms with E-state index >= 15 is 0 Å². The Kier molecular flexibility index (Phi) is 26.4. The van der Waals surface area contributed by atoms with Crippen molar-refractivity contribution in [2.75, 3.05) is 37.8 Å². The number of imidazole rings is 1. The van der Waals surface area contributed by atoms with Crippen LogP contribution in [0.15, 0.2) is 61.3 Å². The molecular weight excluding hydrogens is 1050 g/mol. The molecule has 0 bridgehead atoms. The number of amides is 2. The van der Waals surface area contributed by atoms with Crippen LogP contribution in [0.3, 0.4) is 0 Å². The van der Waals surface area contributed by atoms with Gasteiger partial charge in [0, 0.05) is 43.5 Å². The average Bonchev–Trinajstić information content (AvgIpc) is 3.86. The van der Waals surface area contributed by atoms with Crippen LogP contribution in [-0.2, 0) is 55.5 Å². The van der Waals surface area contributed by atoms with E-state index in [4.69, 9.17) is 24.6 Å². The second kappa shape index (κ2) is 30.5. The lowest BCUT2D eigenvalue weighted by Gasteiger charge is -2.30. The fraction of sp³-hybridized carbons (Fsp3) is 0.585. The zero-order valence-electron chi connectivity index (χ0n) is 39.8. The molecule has 1 saturated heterocycles. The zero-order valence-corrected chi connectivity index (χ0v) is 43.3. The van der Waals surface area contributed by atoms with Gasteiger partial charge in [-0.1, -0.05) is 74.2 Å². The van der Waals surface area contributed by atoms with E-state index in [0.29, 0.717) is 37.9 Å². The number of carboxylic acid groups (broad SMARTS) is 1. The molecule has 0 aliphatic carbocycles. The van der Waals surface area contributed by atoms with Crippen molar-refractivity contribution >= 4 is 75.1 Å². The number of fused-ring (bicyclic) bond motifs is 1. The first kappa shape index (κ1) is 63.2. The monoisotopic (exact) mass is 1120 g/mol. The lowest BCUT2D eigenvalue weighted by Crippen LogP contribution is -2.46. The molecule has 0 spiro atoms. The summed E-state index contributed by atoms with van der Waals surface area (Å²) in [4.78, 5) is 98.9. The summed E-state index contributed by atoms with van der Waals surface area (Å²) in [6, 6.07) is 0. The quantitative estimate of drug-likeness (QED) is 0.0206. The molecule has 0 saturated carbocycles. The summed E-state index contributed by atoms with van der Waals surface area (Å²) < 4.78 is 62.4. The summed E-state index contributed by atoms with van der Waals surface area (Å²) in [5, 5.41) is 54.9. The van der Waals surface area contributed by atoms with Crippen LogP contribution >= 0.6 is 35.2 Å².